The molecule has 1 aromatic rings. The fourth-order valence-corrected chi connectivity index (χ4v) is 6.04. The van der Waals surface area contributed by atoms with Gasteiger partial charge in [0.15, 0.2) is 0 Å². The SMILES string of the molecule is CC1(C)C2CCC(CNS(=O)(=O)c3ccc(CCC(N)(CO)CO)cc3)C1C2. The lowest BCUT2D eigenvalue weighted by Crippen LogP contribution is -2.54. The van der Waals surface area contributed by atoms with E-state index in [1.165, 1.54) is 12.8 Å². The molecule has 28 heavy (non-hydrogen) atoms. The quantitative estimate of drug-likeness (QED) is 0.494. The highest BCUT2D eigenvalue weighted by Gasteiger charge is 2.54. The van der Waals surface area contributed by atoms with E-state index in [0.29, 0.717) is 36.6 Å². The van der Waals surface area contributed by atoms with Crippen LogP contribution >= 0.6 is 0 Å². The molecule has 0 amide bonds. The standard InChI is InChI=1S/C21H34N2O4S/c1-20(2)17-6-5-16(19(20)11-17)12-23-28(26,27)18-7-3-15(4-8-18)9-10-21(22,13-24)14-25/h3-4,7-8,16-17,19,23-25H,5-6,9-14,22H2,1-2H3. The molecule has 0 radical (unpaired) electrons. The zero-order chi connectivity index (χ0) is 20.6. The molecule has 3 aliphatic carbocycles. The summed E-state index contributed by atoms with van der Waals surface area (Å²) < 4.78 is 28.2. The monoisotopic (exact) mass is 410 g/mol. The maximum Gasteiger partial charge on any atom is 0.240 e. The normalized spacial score (nSPS) is 26.7. The number of benzene rings is 1. The highest BCUT2D eigenvalue weighted by atomic mass is 32.2. The third kappa shape index (κ3) is 4.28. The van der Waals surface area contributed by atoms with Crippen molar-refractivity contribution in [2.24, 2.45) is 28.9 Å². The number of nitrogens with one attached hydrogen (secondary N) is 1. The van der Waals surface area contributed by atoms with Gasteiger partial charge in [0.05, 0.1) is 23.6 Å². The Labute approximate surface area is 168 Å². The van der Waals surface area contributed by atoms with Gasteiger partial charge in [-0.05, 0) is 73.0 Å². The van der Waals surface area contributed by atoms with Gasteiger partial charge in [0.25, 0.3) is 0 Å². The van der Waals surface area contributed by atoms with Crippen LogP contribution in [0.4, 0.5) is 0 Å². The highest BCUT2D eigenvalue weighted by molar-refractivity contribution is 7.89. The van der Waals surface area contributed by atoms with Crippen LogP contribution in [-0.4, -0.2) is 43.9 Å². The Morgan fingerprint density at radius 2 is 1.82 bits per heavy atom. The molecule has 3 saturated carbocycles. The fourth-order valence-electron chi connectivity index (χ4n) is 4.94. The topological polar surface area (TPSA) is 113 Å². The second kappa shape index (κ2) is 8.03. The molecule has 3 fully saturated rings. The minimum atomic E-state index is -3.53. The average molecular weight is 411 g/mol. The lowest BCUT2D eigenvalue weighted by molar-refractivity contribution is -0.102. The van der Waals surface area contributed by atoms with Crippen LogP contribution in [-0.2, 0) is 16.4 Å². The molecule has 0 spiro atoms. The van der Waals surface area contributed by atoms with Crippen molar-refractivity contribution in [1.82, 2.24) is 4.72 Å². The smallest absolute Gasteiger partial charge is 0.240 e. The molecule has 6 nitrogen and oxygen atoms in total. The summed E-state index contributed by atoms with van der Waals surface area (Å²) in [6.07, 6.45) is 4.53. The molecule has 0 saturated heterocycles. The Morgan fingerprint density at radius 3 is 2.36 bits per heavy atom. The van der Waals surface area contributed by atoms with Gasteiger partial charge in [-0.3, -0.25) is 0 Å². The van der Waals surface area contributed by atoms with Gasteiger partial charge in [-0.25, -0.2) is 13.1 Å². The predicted molar refractivity (Wildman–Crippen MR) is 109 cm³/mol. The van der Waals surface area contributed by atoms with Crippen molar-refractivity contribution in [3.05, 3.63) is 29.8 Å². The summed E-state index contributed by atoms with van der Waals surface area (Å²) in [5, 5.41) is 18.5. The molecule has 3 aliphatic rings. The molecular weight excluding hydrogens is 376 g/mol. The summed E-state index contributed by atoms with van der Waals surface area (Å²) in [4.78, 5) is 0.265. The second-order valence-corrected chi connectivity index (χ2v) is 11.1. The van der Waals surface area contributed by atoms with E-state index in [-0.39, 0.29) is 18.1 Å². The first kappa shape index (κ1) is 21.7. The Morgan fingerprint density at radius 1 is 1.18 bits per heavy atom. The minimum absolute atomic E-state index is 0.265. The first-order valence-corrected chi connectivity index (χ1v) is 11.7. The average Bonchev–Trinajstić information content (AvgIpc) is 2.71. The zero-order valence-electron chi connectivity index (χ0n) is 16.9. The van der Waals surface area contributed by atoms with Crippen molar-refractivity contribution < 1.29 is 18.6 Å². The summed E-state index contributed by atoms with van der Waals surface area (Å²) >= 11 is 0. The summed E-state index contributed by atoms with van der Waals surface area (Å²) in [7, 11) is -3.53. The zero-order valence-corrected chi connectivity index (χ0v) is 17.7. The predicted octanol–water partition coefficient (Wildman–Crippen LogP) is 1.65. The molecule has 3 atom stereocenters. The Balaban J connectivity index is 1.57. The Bertz CT molecular complexity index is 770. The van der Waals surface area contributed by atoms with Gasteiger partial charge in [-0.15, -0.1) is 0 Å². The third-order valence-corrected chi connectivity index (χ3v) is 8.75. The lowest BCUT2D eigenvalue weighted by atomic mass is 9.45. The van der Waals surface area contributed by atoms with Crippen molar-refractivity contribution in [1.29, 1.82) is 0 Å². The van der Waals surface area contributed by atoms with Crippen molar-refractivity contribution in [2.75, 3.05) is 19.8 Å². The first-order chi connectivity index (χ1) is 13.1. The van der Waals surface area contributed by atoms with Crippen LogP contribution in [0, 0.1) is 23.2 Å². The number of nitrogens with two attached hydrogens (primary N) is 1. The van der Waals surface area contributed by atoms with Crippen LogP contribution in [0.5, 0.6) is 0 Å². The highest BCUT2D eigenvalue weighted by Crippen LogP contribution is 2.61. The number of aliphatic hydroxyl groups is 2. The third-order valence-electron chi connectivity index (χ3n) is 7.31. The summed E-state index contributed by atoms with van der Waals surface area (Å²) in [5.41, 5.74) is 6.13. The Hall–Kier alpha value is -0.990. The summed E-state index contributed by atoms with van der Waals surface area (Å²) in [6, 6.07) is 6.75. The van der Waals surface area contributed by atoms with Gasteiger partial charge in [-0.1, -0.05) is 26.0 Å². The molecule has 0 aromatic heterocycles. The van der Waals surface area contributed by atoms with E-state index in [1.807, 2.05) is 0 Å². The fraction of sp³-hybridized carbons (Fsp3) is 0.714. The van der Waals surface area contributed by atoms with Crippen LogP contribution < -0.4 is 10.5 Å². The van der Waals surface area contributed by atoms with Crippen molar-refractivity contribution in [3.63, 3.8) is 0 Å². The molecular formula is C21H34N2O4S. The molecule has 7 heteroatoms. The van der Waals surface area contributed by atoms with Crippen molar-refractivity contribution in [3.8, 4) is 0 Å². The summed E-state index contributed by atoms with van der Waals surface area (Å²) in [6.45, 7) is 4.55. The number of rotatable bonds is 9. The molecule has 0 heterocycles. The lowest BCUT2D eigenvalue weighted by Gasteiger charge is -2.60. The molecule has 5 N–H and O–H groups in total. The van der Waals surface area contributed by atoms with Gasteiger partial charge in [0.2, 0.25) is 10.0 Å². The number of hydrogen-bond donors (Lipinski definition) is 4. The van der Waals surface area contributed by atoms with Crippen LogP contribution in [0.25, 0.3) is 0 Å². The number of aryl methyl sites for hydroxylation is 1. The number of aliphatic hydroxyl groups excluding tert-OH is 2. The molecule has 0 aliphatic heterocycles. The van der Waals surface area contributed by atoms with Gasteiger partial charge >= 0.3 is 0 Å². The molecule has 3 unspecified atom stereocenters. The van der Waals surface area contributed by atoms with Crippen molar-refractivity contribution in [2.45, 2.75) is 56.4 Å². The summed E-state index contributed by atoms with van der Waals surface area (Å²) in [5.74, 6) is 1.84. The number of fused-ring (bicyclic) bond motifs is 2. The van der Waals surface area contributed by atoms with E-state index < -0.39 is 15.6 Å². The van der Waals surface area contributed by atoms with Crippen LogP contribution in [0.15, 0.2) is 29.2 Å². The van der Waals surface area contributed by atoms with E-state index in [9.17, 15) is 18.6 Å². The first-order valence-electron chi connectivity index (χ1n) is 10.2. The maximum atomic E-state index is 12.7. The Kier molecular flexibility index (Phi) is 6.23. The molecule has 4 rings (SSSR count). The van der Waals surface area contributed by atoms with Crippen LogP contribution in [0.2, 0.25) is 0 Å². The molecule has 158 valence electrons. The molecule has 2 bridgehead atoms. The van der Waals surface area contributed by atoms with E-state index in [4.69, 9.17) is 5.73 Å². The molecule has 1 aromatic carbocycles. The van der Waals surface area contributed by atoms with Crippen LogP contribution in [0.3, 0.4) is 0 Å². The van der Waals surface area contributed by atoms with Gasteiger partial charge in [0.1, 0.15) is 0 Å². The maximum absolute atomic E-state index is 12.7. The van der Waals surface area contributed by atoms with E-state index in [1.54, 1.807) is 24.3 Å². The van der Waals surface area contributed by atoms with Gasteiger partial charge < -0.3 is 15.9 Å². The van der Waals surface area contributed by atoms with Gasteiger partial charge in [0, 0.05) is 6.54 Å². The largest absolute Gasteiger partial charge is 0.394 e. The second-order valence-electron chi connectivity index (χ2n) is 9.37. The van der Waals surface area contributed by atoms with Gasteiger partial charge in [-0.2, -0.15) is 0 Å². The van der Waals surface area contributed by atoms with Crippen LogP contribution in [0.1, 0.15) is 45.1 Å². The van der Waals surface area contributed by atoms with E-state index in [0.717, 1.165) is 17.9 Å². The van der Waals surface area contributed by atoms with Crippen molar-refractivity contribution >= 4 is 10.0 Å². The van der Waals surface area contributed by atoms with E-state index >= 15 is 0 Å². The number of hydrogen-bond acceptors (Lipinski definition) is 5. The minimum Gasteiger partial charge on any atom is -0.394 e. The number of sulfonamides is 1. The van der Waals surface area contributed by atoms with E-state index in [2.05, 4.69) is 18.6 Å².